The summed E-state index contributed by atoms with van der Waals surface area (Å²) in [6, 6.07) is 20.4. The Morgan fingerprint density at radius 3 is 1.48 bits per heavy atom. The molecule has 0 unspecified atom stereocenters. The summed E-state index contributed by atoms with van der Waals surface area (Å²) in [5.74, 6) is 0. The molecule has 0 spiro atoms. The third-order valence-electron chi connectivity index (χ3n) is 3.25. The lowest BCUT2D eigenvalue weighted by Gasteiger charge is -2.18. The summed E-state index contributed by atoms with van der Waals surface area (Å²) < 4.78 is 11.6. The molecule has 0 saturated heterocycles. The molecule has 2 heteroatoms. The van der Waals surface area contributed by atoms with Crippen molar-refractivity contribution < 1.29 is 9.47 Å². The lowest BCUT2D eigenvalue weighted by Crippen LogP contribution is -2.19. The van der Waals surface area contributed by atoms with E-state index in [1.54, 1.807) is 0 Å². The Bertz CT molecular complexity index is 448. The maximum absolute atomic E-state index is 5.82. The Balaban J connectivity index is 1.66. The highest BCUT2D eigenvalue weighted by molar-refractivity contribution is 5.14. The largest absolute Gasteiger partial charge is 0.373 e. The van der Waals surface area contributed by atoms with Gasteiger partial charge in [0, 0.05) is 6.42 Å². The molecule has 2 nitrogen and oxygen atoms in total. The van der Waals surface area contributed by atoms with Crippen molar-refractivity contribution in [3.05, 3.63) is 78.2 Å². The van der Waals surface area contributed by atoms with Gasteiger partial charge in [0.25, 0.3) is 0 Å². The third-order valence-corrected chi connectivity index (χ3v) is 3.25. The fourth-order valence-corrected chi connectivity index (χ4v) is 2.10. The summed E-state index contributed by atoms with van der Waals surface area (Å²) in [4.78, 5) is 0. The monoisotopic (exact) mass is 283 g/mol. The summed E-state index contributed by atoms with van der Waals surface area (Å²) in [6.07, 6.45) is 2.22. The highest BCUT2D eigenvalue weighted by Gasteiger charge is 2.10. The van der Waals surface area contributed by atoms with Crippen LogP contribution in [0.5, 0.6) is 0 Å². The Labute approximate surface area is 127 Å². The van der Waals surface area contributed by atoms with Crippen LogP contribution in [0.3, 0.4) is 0 Å². The average Bonchev–Trinajstić information content (AvgIpc) is 2.53. The molecule has 0 fully saturated rings. The van der Waals surface area contributed by atoms with Gasteiger partial charge in [-0.3, -0.25) is 0 Å². The summed E-state index contributed by atoms with van der Waals surface area (Å²) in [7, 11) is 0. The van der Waals surface area contributed by atoms with Crippen molar-refractivity contribution in [1.29, 1.82) is 0 Å². The van der Waals surface area contributed by atoms with E-state index in [1.165, 1.54) is 11.1 Å². The van der Waals surface area contributed by atoms with E-state index >= 15 is 0 Å². The standard InChI is InChI=1S/C19H23O2/c1-16(20-14-18-9-5-3-6-10-18)13-17(2)21-15-19-11-7-4-8-12-19/h3-13,16-17H,14-15H2,1-2H3/t16-,17-/m0/s1. The molecule has 0 bridgehead atoms. The molecular weight excluding hydrogens is 260 g/mol. The predicted octanol–water partition coefficient (Wildman–Crippen LogP) is 4.40. The van der Waals surface area contributed by atoms with Gasteiger partial charge >= 0.3 is 0 Å². The molecular formula is C19H23O2. The molecule has 1 radical (unpaired) electrons. The molecule has 2 atom stereocenters. The van der Waals surface area contributed by atoms with Crippen molar-refractivity contribution in [2.24, 2.45) is 0 Å². The summed E-state index contributed by atoms with van der Waals surface area (Å²) in [5.41, 5.74) is 2.38. The van der Waals surface area contributed by atoms with E-state index in [0.29, 0.717) is 13.2 Å². The van der Waals surface area contributed by atoms with Crippen LogP contribution in [-0.2, 0) is 22.7 Å². The number of ether oxygens (including phenoxy) is 2. The van der Waals surface area contributed by atoms with Crippen LogP contribution in [0.4, 0.5) is 0 Å². The maximum atomic E-state index is 5.82. The SMILES string of the molecule is C[C@@H]([CH][C@H](C)OCc1ccccc1)OCc1ccccc1. The zero-order valence-electron chi connectivity index (χ0n) is 12.7. The molecule has 111 valence electrons. The number of hydrogen-bond donors (Lipinski definition) is 0. The number of rotatable bonds is 8. The van der Waals surface area contributed by atoms with E-state index in [4.69, 9.17) is 9.47 Å². The van der Waals surface area contributed by atoms with E-state index in [0.717, 1.165) is 0 Å². The molecule has 0 N–H and O–H groups in total. The minimum Gasteiger partial charge on any atom is -0.373 e. The molecule has 0 saturated carbocycles. The Kier molecular flexibility index (Phi) is 6.45. The summed E-state index contributed by atoms with van der Waals surface area (Å²) >= 11 is 0. The third kappa shape index (κ3) is 6.11. The minimum atomic E-state index is 0.0657. The van der Waals surface area contributed by atoms with Crippen LogP contribution in [0.15, 0.2) is 60.7 Å². The highest BCUT2D eigenvalue weighted by atomic mass is 16.5. The second kappa shape index (κ2) is 8.60. The van der Waals surface area contributed by atoms with E-state index in [-0.39, 0.29) is 12.2 Å². The molecule has 0 aliphatic heterocycles. The van der Waals surface area contributed by atoms with Gasteiger partial charge < -0.3 is 9.47 Å². The second-order valence-electron chi connectivity index (χ2n) is 5.20. The Morgan fingerprint density at radius 2 is 1.10 bits per heavy atom. The molecule has 2 aromatic rings. The van der Waals surface area contributed by atoms with Gasteiger partial charge in [-0.05, 0) is 25.0 Å². The van der Waals surface area contributed by atoms with Gasteiger partial charge in [-0.2, -0.15) is 0 Å². The molecule has 0 amide bonds. The fourth-order valence-electron chi connectivity index (χ4n) is 2.10. The van der Waals surface area contributed by atoms with Gasteiger partial charge in [-0.25, -0.2) is 0 Å². The zero-order chi connectivity index (χ0) is 14.9. The normalized spacial score (nSPS) is 13.8. The zero-order valence-corrected chi connectivity index (χ0v) is 12.7. The van der Waals surface area contributed by atoms with E-state index in [2.05, 4.69) is 30.7 Å². The van der Waals surface area contributed by atoms with Gasteiger partial charge in [-0.1, -0.05) is 60.7 Å². The quantitative estimate of drug-likeness (QED) is 0.715. The van der Waals surface area contributed by atoms with Crippen molar-refractivity contribution in [2.45, 2.75) is 39.3 Å². The van der Waals surface area contributed by atoms with Crippen molar-refractivity contribution in [3.63, 3.8) is 0 Å². The molecule has 2 rings (SSSR count). The van der Waals surface area contributed by atoms with Crippen LogP contribution >= 0.6 is 0 Å². The first-order chi connectivity index (χ1) is 10.2. The van der Waals surface area contributed by atoms with Crippen LogP contribution in [0, 0.1) is 6.42 Å². The smallest absolute Gasteiger partial charge is 0.0720 e. The highest BCUT2D eigenvalue weighted by Crippen LogP contribution is 2.10. The van der Waals surface area contributed by atoms with Crippen LogP contribution in [0.2, 0.25) is 0 Å². The van der Waals surface area contributed by atoms with Crippen molar-refractivity contribution >= 4 is 0 Å². The first kappa shape index (κ1) is 15.7. The Hall–Kier alpha value is -1.64. The average molecular weight is 283 g/mol. The van der Waals surface area contributed by atoms with Gasteiger partial charge in [0.05, 0.1) is 25.4 Å². The van der Waals surface area contributed by atoms with E-state index in [9.17, 15) is 0 Å². The number of benzene rings is 2. The van der Waals surface area contributed by atoms with E-state index < -0.39 is 0 Å². The summed E-state index contributed by atoms with van der Waals surface area (Å²) in [6.45, 7) is 5.35. The van der Waals surface area contributed by atoms with Gasteiger partial charge in [0.15, 0.2) is 0 Å². The maximum Gasteiger partial charge on any atom is 0.0720 e. The molecule has 0 aliphatic rings. The minimum absolute atomic E-state index is 0.0657. The van der Waals surface area contributed by atoms with Crippen LogP contribution in [-0.4, -0.2) is 12.2 Å². The molecule has 21 heavy (non-hydrogen) atoms. The first-order valence-corrected chi connectivity index (χ1v) is 7.40. The topological polar surface area (TPSA) is 18.5 Å². The van der Waals surface area contributed by atoms with E-state index in [1.807, 2.05) is 50.2 Å². The van der Waals surface area contributed by atoms with Gasteiger partial charge in [0.2, 0.25) is 0 Å². The predicted molar refractivity (Wildman–Crippen MR) is 85.7 cm³/mol. The Morgan fingerprint density at radius 1 is 0.714 bits per heavy atom. The van der Waals surface area contributed by atoms with Gasteiger partial charge in [-0.15, -0.1) is 0 Å². The van der Waals surface area contributed by atoms with Crippen molar-refractivity contribution in [2.75, 3.05) is 0 Å². The van der Waals surface area contributed by atoms with Crippen LogP contribution in [0.1, 0.15) is 25.0 Å². The number of hydrogen-bond acceptors (Lipinski definition) is 2. The van der Waals surface area contributed by atoms with Crippen LogP contribution in [0.25, 0.3) is 0 Å². The van der Waals surface area contributed by atoms with Crippen molar-refractivity contribution in [3.8, 4) is 0 Å². The lowest BCUT2D eigenvalue weighted by atomic mass is 10.2. The molecule has 0 heterocycles. The van der Waals surface area contributed by atoms with Crippen LogP contribution < -0.4 is 0 Å². The second-order valence-corrected chi connectivity index (χ2v) is 5.20. The first-order valence-electron chi connectivity index (χ1n) is 7.40. The molecule has 0 aliphatic carbocycles. The molecule has 0 aromatic heterocycles. The molecule has 2 aromatic carbocycles. The lowest BCUT2D eigenvalue weighted by molar-refractivity contribution is 0.0241. The fraction of sp³-hybridized carbons (Fsp3) is 0.316. The summed E-state index contributed by atoms with van der Waals surface area (Å²) in [5, 5.41) is 0. The van der Waals surface area contributed by atoms with Crippen molar-refractivity contribution in [1.82, 2.24) is 0 Å². The van der Waals surface area contributed by atoms with Gasteiger partial charge in [0.1, 0.15) is 0 Å².